The highest BCUT2D eigenvalue weighted by molar-refractivity contribution is 5.79. The summed E-state index contributed by atoms with van der Waals surface area (Å²) < 4.78 is 5.40. The molecule has 1 amide bonds. The first-order valence-electron chi connectivity index (χ1n) is 6.79. The zero-order chi connectivity index (χ0) is 14.6. The molecule has 1 fully saturated rings. The summed E-state index contributed by atoms with van der Waals surface area (Å²) in [5, 5.41) is 1.24. The molecule has 5 heteroatoms. The first-order chi connectivity index (χ1) is 8.74. The van der Waals surface area contributed by atoms with Gasteiger partial charge in [-0.3, -0.25) is 14.4 Å². The maximum absolute atomic E-state index is 12.0. The van der Waals surface area contributed by atoms with Crippen LogP contribution in [0.4, 0.5) is 0 Å². The first-order valence-corrected chi connectivity index (χ1v) is 6.79. The highest BCUT2D eigenvalue weighted by Crippen LogP contribution is 2.32. The molecule has 1 saturated carbocycles. The van der Waals surface area contributed by atoms with Crippen molar-refractivity contribution in [2.75, 3.05) is 14.2 Å². The quantitative estimate of drug-likeness (QED) is 0.583. The molecule has 1 rings (SSSR count). The van der Waals surface area contributed by atoms with E-state index in [2.05, 4.69) is 0 Å². The van der Waals surface area contributed by atoms with E-state index in [-0.39, 0.29) is 23.7 Å². The highest BCUT2D eigenvalue weighted by Gasteiger charge is 2.34. The van der Waals surface area contributed by atoms with Gasteiger partial charge in [0.15, 0.2) is 0 Å². The molecule has 0 spiro atoms. The van der Waals surface area contributed by atoms with E-state index in [1.54, 1.807) is 7.05 Å². The van der Waals surface area contributed by atoms with E-state index in [4.69, 9.17) is 9.57 Å². The minimum absolute atomic E-state index is 0.0595. The van der Waals surface area contributed by atoms with E-state index in [1.807, 2.05) is 20.8 Å². The Labute approximate surface area is 115 Å². The summed E-state index contributed by atoms with van der Waals surface area (Å²) >= 11 is 0. The molecule has 110 valence electrons. The molecule has 0 heterocycles. The Morgan fingerprint density at radius 3 is 2.26 bits per heavy atom. The van der Waals surface area contributed by atoms with Crippen LogP contribution in [0.1, 0.15) is 46.5 Å². The third-order valence-corrected chi connectivity index (χ3v) is 3.35. The lowest BCUT2D eigenvalue weighted by Crippen LogP contribution is -2.37. The molecule has 1 aliphatic rings. The Hall–Kier alpha value is -1.10. The molecular formula is C14H25NO4. The fourth-order valence-corrected chi connectivity index (χ4v) is 2.36. The smallest absolute Gasteiger partial charge is 0.309 e. The standard InChI is InChI=1S/C14H25NO4/c1-14(2,3)19-13(17)11-8-6-7-10(9-11)12(16)15(4)18-5/h10-11H,6-9H2,1-5H3/t10-,11-/m1/s1. The first kappa shape index (κ1) is 16.0. The molecule has 5 nitrogen and oxygen atoms in total. The van der Waals surface area contributed by atoms with Crippen LogP contribution in [0.2, 0.25) is 0 Å². The van der Waals surface area contributed by atoms with Crippen molar-refractivity contribution in [1.82, 2.24) is 5.06 Å². The average Bonchev–Trinajstić information content (AvgIpc) is 2.35. The Balaban J connectivity index is 2.59. The Morgan fingerprint density at radius 1 is 1.16 bits per heavy atom. The minimum Gasteiger partial charge on any atom is -0.460 e. The van der Waals surface area contributed by atoms with E-state index < -0.39 is 5.60 Å². The maximum Gasteiger partial charge on any atom is 0.309 e. The molecule has 19 heavy (non-hydrogen) atoms. The van der Waals surface area contributed by atoms with E-state index in [9.17, 15) is 9.59 Å². The molecule has 0 aromatic carbocycles. The van der Waals surface area contributed by atoms with Crippen molar-refractivity contribution >= 4 is 11.9 Å². The number of hydrogen-bond donors (Lipinski definition) is 0. The second-order valence-electron chi connectivity index (χ2n) is 6.11. The van der Waals surface area contributed by atoms with Crippen molar-refractivity contribution in [3.05, 3.63) is 0 Å². The fourth-order valence-electron chi connectivity index (χ4n) is 2.36. The summed E-state index contributed by atoms with van der Waals surface area (Å²) in [4.78, 5) is 29.0. The van der Waals surface area contributed by atoms with E-state index in [0.717, 1.165) is 19.3 Å². The van der Waals surface area contributed by atoms with Crippen molar-refractivity contribution < 1.29 is 19.2 Å². The van der Waals surface area contributed by atoms with Crippen LogP contribution < -0.4 is 0 Å². The van der Waals surface area contributed by atoms with Crippen LogP contribution in [-0.4, -0.2) is 36.7 Å². The minimum atomic E-state index is -0.475. The zero-order valence-corrected chi connectivity index (χ0v) is 12.6. The Morgan fingerprint density at radius 2 is 1.74 bits per heavy atom. The van der Waals surface area contributed by atoms with Gasteiger partial charge in [-0.15, -0.1) is 0 Å². The van der Waals surface area contributed by atoms with Crippen molar-refractivity contribution in [2.24, 2.45) is 11.8 Å². The molecule has 0 aromatic rings. The summed E-state index contributed by atoms with van der Waals surface area (Å²) in [5.41, 5.74) is -0.475. The highest BCUT2D eigenvalue weighted by atomic mass is 16.7. The normalized spacial score (nSPS) is 23.8. The monoisotopic (exact) mass is 271 g/mol. The molecule has 1 aliphatic carbocycles. The predicted octanol–water partition coefficient (Wildman–Crippen LogP) is 2.15. The SMILES string of the molecule is CON(C)C(=O)[C@@H]1CCC[C@@H](C(=O)OC(C)(C)C)C1. The van der Waals surface area contributed by atoms with Gasteiger partial charge in [-0.1, -0.05) is 6.42 Å². The van der Waals surface area contributed by atoms with Gasteiger partial charge < -0.3 is 4.74 Å². The summed E-state index contributed by atoms with van der Waals surface area (Å²) in [5.74, 6) is -0.566. The largest absolute Gasteiger partial charge is 0.460 e. The fraction of sp³-hybridized carbons (Fsp3) is 0.857. The van der Waals surface area contributed by atoms with Crippen LogP contribution in [0.25, 0.3) is 0 Å². The number of hydrogen-bond acceptors (Lipinski definition) is 4. The van der Waals surface area contributed by atoms with Gasteiger partial charge in [-0.25, -0.2) is 5.06 Å². The van der Waals surface area contributed by atoms with Gasteiger partial charge in [0.05, 0.1) is 13.0 Å². The van der Waals surface area contributed by atoms with Crippen LogP contribution in [0.5, 0.6) is 0 Å². The molecule has 0 saturated heterocycles. The number of esters is 1. The number of rotatable bonds is 3. The van der Waals surface area contributed by atoms with Gasteiger partial charge in [0.2, 0.25) is 5.91 Å². The third-order valence-electron chi connectivity index (χ3n) is 3.35. The predicted molar refractivity (Wildman–Crippen MR) is 71.1 cm³/mol. The molecule has 0 aromatic heterocycles. The van der Waals surface area contributed by atoms with Crippen molar-refractivity contribution in [1.29, 1.82) is 0 Å². The van der Waals surface area contributed by atoms with Crippen LogP contribution >= 0.6 is 0 Å². The molecule has 0 bridgehead atoms. The number of amides is 1. The molecule has 0 radical (unpaired) electrons. The van der Waals surface area contributed by atoms with Crippen LogP contribution in [0.3, 0.4) is 0 Å². The average molecular weight is 271 g/mol. The lowest BCUT2D eigenvalue weighted by atomic mass is 9.81. The van der Waals surface area contributed by atoms with E-state index >= 15 is 0 Å². The van der Waals surface area contributed by atoms with Gasteiger partial charge >= 0.3 is 5.97 Å². The van der Waals surface area contributed by atoms with Crippen molar-refractivity contribution in [2.45, 2.75) is 52.1 Å². The Kier molecular flexibility index (Phi) is 5.35. The number of ether oxygens (including phenoxy) is 1. The van der Waals surface area contributed by atoms with E-state index in [0.29, 0.717) is 6.42 Å². The second kappa shape index (κ2) is 6.37. The van der Waals surface area contributed by atoms with Crippen molar-refractivity contribution in [3.63, 3.8) is 0 Å². The number of nitrogens with zero attached hydrogens (tertiary/aromatic N) is 1. The van der Waals surface area contributed by atoms with Gasteiger partial charge in [0.25, 0.3) is 0 Å². The lowest BCUT2D eigenvalue weighted by Gasteiger charge is -2.31. The number of carbonyl (C=O) groups is 2. The zero-order valence-electron chi connectivity index (χ0n) is 12.6. The maximum atomic E-state index is 12.0. The number of carbonyl (C=O) groups excluding carboxylic acids is 2. The lowest BCUT2D eigenvalue weighted by molar-refractivity contribution is -0.176. The molecule has 2 atom stereocenters. The summed E-state index contributed by atoms with van der Waals surface area (Å²) in [6, 6.07) is 0. The molecule has 0 N–H and O–H groups in total. The second-order valence-corrected chi connectivity index (χ2v) is 6.11. The van der Waals surface area contributed by atoms with Gasteiger partial charge in [0, 0.05) is 13.0 Å². The van der Waals surface area contributed by atoms with Crippen LogP contribution in [-0.2, 0) is 19.2 Å². The summed E-state index contributed by atoms with van der Waals surface area (Å²) in [7, 11) is 3.06. The summed E-state index contributed by atoms with van der Waals surface area (Å²) in [6.07, 6.45) is 3.04. The topological polar surface area (TPSA) is 55.8 Å². The van der Waals surface area contributed by atoms with Crippen molar-refractivity contribution in [3.8, 4) is 0 Å². The molecule has 0 aliphatic heterocycles. The van der Waals surface area contributed by atoms with Crippen LogP contribution in [0.15, 0.2) is 0 Å². The summed E-state index contributed by atoms with van der Waals surface area (Å²) in [6.45, 7) is 5.57. The van der Waals surface area contributed by atoms with Gasteiger partial charge in [0.1, 0.15) is 5.60 Å². The number of hydroxylamine groups is 2. The third kappa shape index (κ3) is 4.82. The van der Waals surface area contributed by atoms with Crippen LogP contribution in [0, 0.1) is 11.8 Å². The Bertz CT molecular complexity index is 335. The molecular weight excluding hydrogens is 246 g/mol. The molecule has 0 unspecified atom stereocenters. The van der Waals surface area contributed by atoms with E-state index in [1.165, 1.54) is 12.2 Å². The van der Waals surface area contributed by atoms with Gasteiger partial charge in [-0.05, 0) is 40.0 Å². The van der Waals surface area contributed by atoms with Gasteiger partial charge in [-0.2, -0.15) is 0 Å².